The molecule has 14 aromatic rings. The molecule has 0 aliphatic heterocycles. The van der Waals surface area contributed by atoms with Crippen LogP contribution in [0.5, 0.6) is 0 Å². The number of hydrogen-bond acceptors (Lipinski definition) is 2. The second kappa shape index (κ2) is 13.6. The summed E-state index contributed by atoms with van der Waals surface area (Å²) >= 11 is 1.74. The van der Waals surface area contributed by atoms with Gasteiger partial charge in [0.05, 0.1) is 61.1 Å². The summed E-state index contributed by atoms with van der Waals surface area (Å²) in [7, 11) is 0. The Balaban J connectivity index is 1.18. The Hall–Kier alpha value is -8.25. The van der Waals surface area contributed by atoms with Crippen LogP contribution in [0.2, 0.25) is 0 Å². The third-order valence-electron chi connectivity index (χ3n) is 12.7. The number of aromatic nitrogens is 4. The Morgan fingerprint density at radius 3 is 1.59 bits per heavy atom. The zero-order valence-corrected chi connectivity index (χ0v) is 34.7. The maximum atomic E-state index is 9.49. The smallest absolute Gasteiger partial charge is 0.140 e. The maximum absolute atomic E-state index is 9.49. The van der Waals surface area contributed by atoms with Crippen LogP contribution in [0.25, 0.3) is 125 Å². The van der Waals surface area contributed by atoms with Crippen molar-refractivity contribution in [1.82, 2.24) is 18.7 Å². The molecule has 5 heterocycles. The number of benzene rings is 9. The van der Waals surface area contributed by atoms with E-state index in [1.165, 1.54) is 10.1 Å². The highest BCUT2D eigenvalue weighted by molar-refractivity contribution is 7.25. The van der Waals surface area contributed by atoms with Crippen LogP contribution in [0.1, 0.15) is 11.0 Å². The minimum atomic E-state index is -0.373. The summed E-state index contributed by atoms with van der Waals surface area (Å²) < 4.78 is 81.1. The fraction of sp³-hybridized carbons (Fsp3) is 0. The Morgan fingerprint density at radius 1 is 0.391 bits per heavy atom. The van der Waals surface area contributed by atoms with E-state index in [1.807, 2.05) is 81.9 Å². The minimum Gasteiger partial charge on any atom is -0.309 e. The molecule has 0 radical (unpaired) electrons. The van der Waals surface area contributed by atoms with Gasteiger partial charge in [-0.05, 0) is 71.7 Å². The molecule has 0 bridgehead atoms. The maximum Gasteiger partial charge on any atom is 0.140 e. The molecule has 0 aliphatic rings. The van der Waals surface area contributed by atoms with Gasteiger partial charge in [-0.1, -0.05) is 152 Å². The predicted octanol–water partition coefficient (Wildman–Crippen LogP) is 16.1. The van der Waals surface area contributed by atoms with Crippen molar-refractivity contribution >= 4 is 96.9 Å². The van der Waals surface area contributed by atoms with E-state index in [1.54, 1.807) is 11.3 Å². The first-order valence-electron chi connectivity index (χ1n) is 25.1. The zero-order chi connectivity index (χ0) is 48.8. The molecule has 0 saturated carbocycles. The monoisotopic (exact) mass is 840 g/mol. The first kappa shape index (κ1) is 28.4. The van der Waals surface area contributed by atoms with Gasteiger partial charge in [0.15, 0.2) is 0 Å². The molecule has 4 nitrogen and oxygen atoms in total. The van der Waals surface area contributed by atoms with Crippen molar-refractivity contribution in [2.24, 2.45) is 0 Å². The second-order valence-corrected chi connectivity index (χ2v) is 17.2. The van der Waals surface area contributed by atoms with Gasteiger partial charge in [0.2, 0.25) is 0 Å². The molecule has 0 amide bonds. The van der Waals surface area contributed by atoms with Crippen LogP contribution >= 0.6 is 11.3 Å². The number of hydrogen-bond donors (Lipinski definition) is 0. The highest BCUT2D eigenvalue weighted by Crippen LogP contribution is 2.45. The van der Waals surface area contributed by atoms with Gasteiger partial charge in [0, 0.05) is 64.1 Å². The number of rotatable bonds is 5. The fourth-order valence-corrected chi connectivity index (χ4v) is 11.2. The van der Waals surface area contributed by atoms with Crippen LogP contribution in [0.4, 0.5) is 0 Å². The van der Waals surface area contributed by atoms with Crippen LogP contribution in [-0.4, -0.2) is 18.7 Å². The van der Waals surface area contributed by atoms with Crippen molar-refractivity contribution in [3.8, 4) is 39.6 Å². The SMILES string of the molecule is [2H]c1c([2H])c([2H])c2c(c1[2H])c1ccccc1n2-c1cc(-c2c(-c3ccc4c(c3)sc3ccccc34)cccc2-n2c3ccccc3c3ccccc32)nc(-n2c3ccccc3c3c([2H])c([2H])c([2H])c([2H])c32)c1. The predicted molar refractivity (Wildman–Crippen MR) is 271 cm³/mol. The largest absolute Gasteiger partial charge is 0.309 e. The number of thiophene rings is 1. The van der Waals surface area contributed by atoms with E-state index in [2.05, 4.69) is 102 Å². The molecule has 0 spiro atoms. The molecule has 0 fully saturated rings. The van der Waals surface area contributed by atoms with Gasteiger partial charge in [-0.3, -0.25) is 4.57 Å². The van der Waals surface area contributed by atoms with Crippen LogP contribution in [0, 0.1) is 0 Å². The second-order valence-electron chi connectivity index (χ2n) is 16.1. The van der Waals surface area contributed by atoms with E-state index in [0.717, 1.165) is 54.3 Å². The summed E-state index contributed by atoms with van der Waals surface area (Å²) in [5.74, 6) is 0.341. The van der Waals surface area contributed by atoms with Crippen molar-refractivity contribution in [3.05, 3.63) is 218 Å². The van der Waals surface area contributed by atoms with E-state index in [9.17, 15) is 5.48 Å². The minimum absolute atomic E-state index is 0.149. The molecule has 64 heavy (non-hydrogen) atoms. The lowest BCUT2D eigenvalue weighted by molar-refractivity contribution is 1.06. The standard InChI is InChI=1S/C59H36N4S/c1-8-24-49-40(16-1)41-17-2-9-25-50(41)61(49)38-35-48(60-58(36-38)63-53-28-12-5-20-44(53)45-21-6-13-29-54(45)63)59-39(37-32-33-47-46-22-7-14-31-56(46)64-57(47)34-37)23-15-30-55(59)62-51-26-10-3-18-42(51)43-19-4-11-27-52(43)62/h1-36H/i1D,5D,8D,12D,16D,20D,24D,28D. The zero-order valence-electron chi connectivity index (χ0n) is 41.9. The first-order chi connectivity index (χ1) is 35.1. The number of para-hydroxylation sites is 6. The van der Waals surface area contributed by atoms with Gasteiger partial charge in [-0.25, -0.2) is 4.98 Å². The molecule has 14 rings (SSSR count). The lowest BCUT2D eigenvalue weighted by Gasteiger charge is -2.20. The van der Waals surface area contributed by atoms with Gasteiger partial charge in [-0.15, -0.1) is 11.3 Å². The van der Waals surface area contributed by atoms with Crippen LogP contribution in [0.3, 0.4) is 0 Å². The van der Waals surface area contributed by atoms with Crippen molar-refractivity contribution in [1.29, 1.82) is 0 Å². The summed E-state index contributed by atoms with van der Waals surface area (Å²) in [5, 5.41) is 6.53. The molecule has 298 valence electrons. The highest BCUT2D eigenvalue weighted by atomic mass is 32.1. The molecule has 5 heteroatoms. The molecule has 0 N–H and O–H groups in total. The molecule has 0 saturated heterocycles. The molecule has 5 aromatic heterocycles. The topological polar surface area (TPSA) is 27.7 Å². The van der Waals surface area contributed by atoms with E-state index in [0.29, 0.717) is 55.3 Å². The van der Waals surface area contributed by atoms with E-state index in [4.69, 9.17) is 10.5 Å². The highest BCUT2D eigenvalue weighted by Gasteiger charge is 2.24. The number of nitrogens with zero attached hydrogens (tertiary/aromatic N) is 4. The number of fused-ring (bicyclic) bond motifs is 12. The van der Waals surface area contributed by atoms with Gasteiger partial charge in [0.1, 0.15) is 5.82 Å². The van der Waals surface area contributed by atoms with Crippen molar-refractivity contribution in [2.75, 3.05) is 0 Å². The summed E-state index contributed by atoms with van der Waals surface area (Å²) in [6.07, 6.45) is 0. The summed E-state index contributed by atoms with van der Waals surface area (Å²) in [6, 6.07) is 54.8. The fourth-order valence-electron chi connectivity index (χ4n) is 10.0. The van der Waals surface area contributed by atoms with Gasteiger partial charge in [-0.2, -0.15) is 0 Å². The Morgan fingerprint density at radius 2 is 0.922 bits per heavy atom. The van der Waals surface area contributed by atoms with Crippen molar-refractivity contribution < 1.29 is 11.0 Å². The average molecular weight is 841 g/mol. The van der Waals surface area contributed by atoms with Crippen molar-refractivity contribution in [3.63, 3.8) is 0 Å². The van der Waals surface area contributed by atoms with Gasteiger partial charge < -0.3 is 9.13 Å². The molecule has 9 aromatic carbocycles. The average Bonchev–Trinajstić information content (AvgIpc) is 4.17. The molecular weight excluding hydrogens is 797 g/mol. The van der Waals surface area contributed by atoms with Gasteiger partial charge in [0.25, 0.3) is 0 Å². The number of pyridine rings is 1. The van der Waals surface area contributed by atoms with E-state index < -0.39 is 0 Å². The molecule has 0 atom stereocenters. The lowest BCUT2D eigenvalue weighted by Crippen LogP contribution is -2.05. The normalized spacial score (nSPS) is 13.8. The van der Waals surface area contributed by atoms with Crippen LogP contribution in [-0.2, 0) is 0 Å². The Bertz CT molecular complexity index is 4490. The third-order valence-corrected chi connectivity index (χ3v) is 13.8. The van der Waals surface area contributed by atoms with Gasteiger partial charge >= 0.3 is 0 Å². The molecular formula is C59H36N4S. The first-order valence-corrected chi connectivity index (χ1v) is 22.0. The Labute approximate surface area is 383 Å². The molecule has 0 unspecified atom stereocenters. The van der Waals surface area contributed by atoms with Crippen LogP contribution in [0.15, 0.2) is 218 Å². The Kier molecular flexibility index (Phi) is 6.04. The summed E-state index contributed by atoms with van der Waals surface area (Å²) in [4.78, 5) is 5.66. The summed E-state index contributed by atoms with van der Waals surface area (Å²) in [6.45, 7) is 0. The third kappa shape index (κ3) is 5.07. The van der Waals surface area contributed by atoms with E-state index >= 15 is 0 Å². The summed E-state index contributed by atoms with van der Waals surface area (Å²) in [5.41, 5.74) is 8.30. The lowest BCUT2D eigenvalue weighted by atomic mass is 9.94. The van der Waals surface area contributed by atoms with Crippen LogP contribution < -0.4 is 0 Å². The molecule has 0 aliphatic carbocycles. The van der Waals surface area contributed by atoms with E-state index in [-0.39, 0.29) is 53.9 Å². The quantitative estimate of drug-likeness (QED) is 0.170. The van der Waals surface area contributed by atoms with Crippen molar-refractivity contribution in [2.45, 2.75) is 0 Å².